The van der Waals surface area contributed by atoms with Crippen LogP contribution < -0.4 is 14.2 Å². The van der Waals surface area contributed by atoms with Crippen molar-refractivity contribution < 1.29 is 33.3 Å². The highest BCUT2D eigenvalue weighted by Crippen LogP contribution is 2.57. The zero-order valence-corrected chi connectivity index (χ0v) is 19.0. The summed E-state index contributed by atoms with van der Waals surface area (Å²) in [7, 11) is 0. The molecule has 3 aromatic carbocycles. The van der Waals surface area contributed by atoms with Crippen molar-refractivity contribution in [3.05, 3.63) is 107 Å². The SMILES string of the molecule is C=C(C)C(=O)Oc1ccc2c(c1)Oc1cc(OC(=O)C(=C)C)ccc1C21OC(=O)c2ccccc21. The molecule has 2 aliphatic heterocycles. The molecular weight excluding hydrogens is 448 g/mol. The van der Waals surface area contributed by atoms with E-state index in [-0.39, 0.29) is 22.6 Å². The third-order valence-corrected chi connectivity index (χ3v) is 5.77. The van der Waals surface area contributed by atoms with Crippen molar-refractivity contribution in [2.24, 2.45) is 0 Å². The third kappa shape index (κ3) is 3.49. The van der Waals surface area contributed by atoms with Gasteiger partial charge in [-0.05, 0) is 44.2 Å². The molecule has 0 saturated heterocycles. The zero-order valence-electron chi connectivity index (χ0n) is 19.0. The van der Waals surface area contributed by atoms with Gasteiger partial charge in [0, 0.05) is 40.0 Å². The summed E-state index contributed by atoms with van der Waals surface area (Å²) in [6.45, 7) is 10.3. The van der Waals surface area contributed by atoms with Gasteiger partial charge in [0.15, 0.2) is 5.60 Å². The van der Waals surface area contributed by atoms with E-state index in [1.54, 1.807) is 62.4 Å². The van der Waals surface area contributed by atoms with E-state index in [9.17, 15) is 14.4 Å². The van der Waals surface area contributed by atoms with Crippen molar-refractivity contribution in [3.8, 4) is 23.0 Å². The van der Waals surface area contributed by atoms with Crippen LogP contribution >= 0.6 is 0 Å². The molecule has 0 N–H and O–H groups in total. The van der Waals surface area contributed by atoms with Crippen molar-refractivity contribution in [1.29, 1.82) is 0 Å². The maximum Gasteiger partial charge on any atom is 0.340 e. The fourth-order valence-electron chi connectivity index (χ4n) is 4.15. The molecule has 0 radical (unpaired) electrons. The van der Waals surface area contributed by atoms with Gasteiger partial charge in [0.05, 0.1) is 5.56 Å². The maximum absolute atomic E-state index is 12.9. The van der Waals surface area contributed by atoms with Crippen LogP contribution in [0, 0.1) is 0 Å². The first-order valence-corrected chi connectivity index (χ1v) is 10.8. The highest BCUT2D eigenvalue weighted by molar-refractivity contribution is 5.97. The van der Waals surface area contributed by atoms with Gasteiger partial charge in [0.25, 0.3) is 0 Å². The molecule has 7 nitrogen and oxygen atoms in total. The second kappa shape index (κ2) is 7.99. The average Bonchev–Trinajstić information content (AvgIpc) is 3.11. The van der Waals surface area contributed by atoms with Gasteiger partial charge in [0.2, 0.25) is 0 Å². The first-order valence-electron chi connectivity index (χ1n) is 10.8. The van der Waals surface area contributed by atoms with E-state index in [2.05, 4.69) is 13.2 Å². The predicted octanol–water partition coefficient (Wildman–Crippen LogP) is 5.22. The number of hydrogen-bond donors (Lipinski definition) is 0. The van der Waals surface area contributed by atoms with Gasteiger partial charge in [0.1, 0.15) is 23.0 Å². The van der Waals surface area contributed by atoms with Crippen LogP contribution in [-0.4, -0.2) is 17.9 Å². The molecule has 0 amide bonds. The topological polar surface area (TPSA) is 88.1 Å². The summed E-state index contributed by atoms with van der Waals surface area (Å²) in [4.78, 5) is 37.0. The zero-order chi connectivity index (χ0) is 24.9. The summed E-state index contributed by atoms with van der Waals surface area (Å²) in [5, 5.41) is 0. The quantitative estimate of drug-likeness (QED) is 0.295. The summed E-state index contributed by atoms with van der Waals surface area (Å²) in [6, 6.07) is 16.8. The molecule has 0 bridgehead atoms. The van der Waals surface area contributed by atoms with Crippen molar-refractivity contribution in [1.82, 2.24) is 0 Å². The van der Waals surface area contributed by atoms with E-state index in [0.717, 1.165) is 0 Å². The summed E-state index contributed by atoms with van der Waals surface area (Å²) < 4.78 is 23.0. The summed E-state index contributed by atoms with van der Waals surface area (Å²) in [6.07, 6.45) is 0. The van der Waals surface area contributed by atoms with Gasteiger partial charge in [-0.15, -0.1) is 0 Å². The van der Waals surface area contributed by atoms with Crippen LogP contribution in [0.25, 0.3) is 0 Å². The highest BCUT2D eigenvalue weighted by atomic mass is 16.6. The summed E-state index contributed by atoms with van der Waals surface area (Å²) in [5.41, 5.74) is 1.39. The Bertz CT molecular complexity index is 1390. The number of esters is 3. The molecule has 0 atom stereocenters. The number of benzene rings is 3. The average molecular weight is 468 g/mol. The number of ether oxygens (including phenoxy) is 4. The van der Waals surface area contributed by atoms with Crippen LogP contribution in [0.1, 0.15) is 40.9 Å². The highest BCUT2D eigenvalue weighted by Gasteiger charge is 2.53. The number of carbonyl (C=O) groups excluding carboxylic acids is 3. The molecule has 35 heavy (non-hydrogen) atoms. The van der Waals surface area contributed by atoms with E-state index < -0.39 is 23.5 Å². The van der Waals surface area contributed by atoms with Crippen molar-refractivity contribution in [2.45, 2.75) is 19.4 Å². The molecule has 0 aromatic heterocycles. The molecule has 2 aliphatic rings. The Kier molecular flexibility index (Phi) is 5.06. The minimum Gasteiger partial charge on any atom is -0.456 e. The van der Waals surface area contributed by atoms with Gasteiger partial charge in [-0.3, -0.25) is 0 Å². The largest absolute Gasteiger partial charge is 0.456 e. The molecular formula is C28H20O7. The van der Waals surface area contributed by atoms with Crippen molar-refractivity contribution in [2.75, 3.05) is 0 Å². The van der Waals surface area contributed by atoms with E-state index in [0.29, 0.717) is 33.8 Å². The lowest BCUT2D eigenvalue weighted by atomic mass is 9.77. The normalized spacial score (nSPS) is 14.1. The molecule has 2 heterocycles. The van der Waals surface area contributed by atoms with E-state index >= 15 is 0 Å². The smallest absolute Gasteiger partial charge is 0.340 e. The molecule has 7 heteroatoms. The Labute approximate surface area is 201 Å². The fraction of sp³-hybridized carbons (Fsp3) is 0.107. The van der Waals surface area contributed by atoms with E-state index in [4.69, 9.17) is 18.9 Å². The van der Waals surface area contributed by atoms with E-state index in [1.165, 1.54) is 0 Å². The van der Waals surface area contributed by atoms with Crippen molar-refractivity contribution in [3.63, 3.8) is 0 Å². The minimum atomic E-state index is -1.30. The first kappa shape index (κ1) is 22.2. The second-order valence-corrected chi connectivity index (χ2v) is 8.37. The maximum atomic E-state index is 12.9. The molecule has 0 saturated carbocycles. The number of hydrogen-bond acceptors (Lipinski definition) is 7. The lowest BCUT2D eigenvalue weighted by Gasteiger charge is -2.36. The van der Waals surface area contributed by atoms with Crippen LogP contribution in [0.15, 0.2) is 85.0 Å². The predicted molar refractivity (Wildman–Crippen MR) is 126 cm³/mol. The Hall–Kier alpha value is -4.65. The van der Waals surface area contributed by atoms with Crippen LogP contribution in [0.3, 0.4) is 0 Å². The van der Waals surface area contributed by atoms with Gasteiger partial charge < -0.3 is 18.9 Å². The first-order chi connectivity index (χ1) is 16.7. The van der Waals surface area contributed by atoms with Crippen LogP contribution in [-0.2, 0) is 19.9 Å². The van der Waals surface area contributed by atoms with Gasteiger partial charge in [-0.2, -0.15) is 0 Å². The molecule has 5 rings (SSSR count). The minimum absolute atomic E-state index is 0.234. The van der Waals surface area contributed by atoms with Crippen LogP contribution in [0.2, 0.25) is 0 Å². The molecule has 1 spiro atoms. The van der Waals surface area contributed by atoms with Crippen LogP contribution in [0.4, 0.5) is 0 Å². The second-order valence-electron chi connectivity index (χ2n) is 8.37. The Balaban J connectivity index is 1.69. The number of fused-ring (bicyclic) bond motifs is 6. The fourth-order valence-corrected chi connectivity index (χ4v) is 4.15. The lowest BCUT2D eigenvalue weighted by Crippen LogP contribution is -2.33. The van der Waals surface area contributed by atoms with Gasteiger partial charge in [-0.25, -0.2) is 14.4 Å². The lowest BCUT2D eigenvalue weighted by molar-refractivity contribution is -0.130. The summed E-state index contributed by atoms with van der Waals surface area (Å²) in [5.74, 6) is -0.537. The molecule has 3 aromatic rings. The standard InChI is InChI=1S/C28H20O7/c1-15(2)25(29)32-17-9-11-21-23(13-17)34-24-14-18(33-26(30)16(3)4)10-12-22(24)28(21)20-8-6-5-7-19(20)27(31)35-28/h5-14H,1,3H2,2,4H3. The Morgan fingerprint density at radius 3 is 1.80 bits per heavy atom. The van der Waals surface area contributed by atoms with Crippen LogP contribution in [0.5, 0.6) is 23.0 Å². The Morgan fingerprint density at radius 1 is 0.771 bits per heavy atom. The third-order valence-electron chi connectivity index (χ3n) is 5.77. The van der Waals surface area contributed by atoms with E-state index in [1.807, 2.05) is 12.1 Å². The Morgan fingerprint density at radius 2 is 1.29 bits per heavy atom. The monoisotopic (exact) mass is 468 g/mol. The number of rotatable bonds is 4. The number of carbonyl (C=O) groups is 3. The molecule has 0 aliphatic carbocycles. The summed E-state index contributed by atoms with van der Waals surface area (Å²) >= 11 is 0. The van der Waals surface area contributed by atoms with Gasteiger partial charge >= 0.3 is 17.9 Å². The molecule has 0 unspecified atom stereocenters. The molecule has 0 fully saturated rings. The molecule has 174 valence electrons. The van der Waals surface area contributed by atoms with Crippen molar-refractivity contribution >= 4 is 17.9 Å². The van der Waals surface area contributed by atoms with Gasteiger partial charge in [-0.1, -0.05) is 31.4 Å².